The van der Waals surface area contributed by atoms with Gasteiger partial charge in [-0.1, -0.05) is 37.3 Å². The average Bonchev–Trinajstić information content (AvgIpc) is 3.08. The Labute approximate surface area is 129 Å². The molecule has 0 saturated carbocycles. The Morgan fingerprint density at radius 1 is 1.14 bits per heavy atom. The largest absolute Gasteiger partial charge is 0.273 e. The maximum atomic E-state index is 4.54. The number of nitrogens with zero attached hydrogens (tertiary/aromatic N) is 6. The predicted molar refractivity (Wildman–Crippen MR) is 85.4 cm³/mol. The van der Waals surface area contributed by atoms with Crippen LogP contribution in [0.1, 0.15) is 29.7 Å². The third-order valence-electron chi connectivity index (χ3n) is 3.33. The first-order chi connectivity index (χ1) is 10.7. The third-order valence-corrected chi connectivity index (χ3v) is 3.33. The molecule has 0 bridgehead atoms. The number of aromatic nitrogens is 5. The molecule has 0 aliphatic carbocycles. The van der Waals surface area contributed by atoms with Crippen molar-refractivity contribution in [3.63, 3.8) is 0 Å². The van der Waals surface area contributed by atoms with E-state index in [1.54, 1.807) is 15.6 Å². The van der Waals surface area contributed by atoms with Gasteiger partial charge in [-0.3, -0.25) is 0 Å². The summed E-state index contributed by atoms with van der Waals surface area (Å²) in [7, 11) is 0. The minimum absolute atomic E-state index is 0.606. The van der Waals surface area contributed by atoms with E-state index in [-0.39, 0.29) is 0 Å². The van der Waals surface area contributed by atoms with Crippen LogP contribution in [0.3, 0.4) is 0 Å². The van der Waals surface area contributed by atoms with Crippen LogP contribution in [0.25, 0.3) is 5.95 Å². The third kappa shape index (κ3) is 2.67. The monoisotopic (exact) mass is 294 g/mol. The molecule has 0 saturated heterocycles. The predicted octanol–water partition coefficient (Wildman–Crippen LogP) is 2.53. The highest BCUT2D eigenvalue weighted by molar-refractivity contribution is 5.79. The van der Waals surface area contributed by atoms with Crippen LogP contribution in [0.2, 0.25) is 0 Å². The summed E-state index contributed by atoms with van der Waals surface area (Å²) >= 11 is 0. The smallest absolute Gasteiger partial charge is 0.202 e. The lowest BCUT2D eigenvalue weighted by Crippen LogP contribution is -2.08. The van der Waals surface area contributed by atoms with Gasteiger partial charge in [-0.25, -0.2) is 4.68 Å². The second-order valence-electron chi connectivity index (χ2n) is 5.08. The number of hydrogen-bond acceptors (Lipinski definition) is 4. The molecule has 1 aromatic carbocycles. The van der Waals surface area contributed by atoms with Crippen molar-refractivity contribution in [3.05, 3.63) is 59.2 Å². The van der Waals surface area contributed by atoms with Crippen LogP contribution in [0.4, 0.5) is 0 Å². The normalized spacial score (nSPS) is 11.4. The molecule has 0 aliphatic heterocycles. The molecule has 2 aromatic heterocycles. The number of aryl methyl sites for hydroxylation is 3. The Morgan fingerprint density at radius 2 is 1.91 bits per heavy atom. The number of benzene rings is 1. The van der Waals surface area contributed by atoms with Crippen molar-refractivity contribution in [3.8, 4) is 5.95 Å². The fourth-order valence-corrected chi connectivity index (χ4v) is 2.27. The fourth-order valence-electron chi connectivity index (χ4n) is 2.27. The van der Waals surface area contributed by atoms with E-state index < -0.39 is 0 Å². The van der Waals surface area contributed by atoms with E-state index in [1.807, 2.05) is 57.2 Å². The second kappa shape index (κ2) is 5.93. The zero-order chi connectivity index (χ0) is 15.5. The Bertz CT molecular complexity index is 797. The highest BCUT2D eigenvalue weighted by Crippen LogP contribution is 2.12. The summed E-state index contributed by atoms with van der Waals surface area (Å²) in [4.78, 5) is 0. The van der Waals surface area contributed by atoms with E-state index in [2.05, 4.69) is 20.4 Å². The minimum Gasteiger partial charge on any atom is -0.202 e. The lowest BCUT2D eigenvalue weighted by molar-refractivity contribution is 0.699. The first kappa shape index (κ1) is 14.2. The lowest BCUT2D eigenvalue weighted by atomic mass is 10.2. The zero-order valence-electron chi connectivity index (χ0n) is 12.9. The average molecular weight is 294 g/mol. The molecule has 0 fully saturated rings. The van der Waals surface area contributed by atoms with Crippen LogP contribution in [0, 0.1) is 13.8 Å². The summed E-state index contributed by atoms with van der Waals surface area (Å²) in [6, 6.07) is 12.0. The zero-order valence-corrected chi connectivity index (χ0v) is 12.9. The molecule has 0 aliphatic rings. The van der Waals surface area contributed by atoms with Gasteiger partial charge in [0.15, 0.2) is 5.82 Å². The standard InChI is InChI=1S/C16H18N6/c1-4-15-18-19-16(21-13(3)10-12(2)20-21)22(15)17-11-14-8-6-5-7-9-14/h5-11H,4H2,1-3H3/b17-11+. The molecule has 0 atom stereocenters. The summed E-state index contributed by atoms with van der Waals surface area (Å²) in [6.45, 7) is 5.98. The molecule has 0 amide bonds. The summed E-state index contributed by atoms with van der Waals surface area (Å²) in [5, 5.41) is 17.5. The van der Waals surface area contributed by atoms with Gasteiger partial charge in [0, 0.05) is 12.1 Å². The van der Waals surface area contributed by atoms with Crippen LogP contribution in [-0.4, -0.2) is 30.9 Å². The molecule has 0 spiro atoms. The van der Waals surface area contributed by atoms with Crippen molar-refractivity contribution in [1.82, 2.24) is 24.7 Å². The summed E-state index contributed by atoms with van der Waals surface area (Å²) in [5.41, 5.74) is 2.97. The molecule has 0 N–H and O–H groups in total. The maximum absolute atomic E-state index is 4.54. The number of hydrogen-bond donors (Lipinski definition) is 0. The molecular formula is C16H18N6. The van der Waals surface area contributed by atoms with Gasteiger partial charge >= 0.3 is 0 Å². The van der Waals surface area contributed by atoms with Crippen LogP contribution in [-0.2, 0) is 6.42 Å². The second-order valence-corrected chi connectivity index (χ2v) is 5.08. The molecule has 2 heterocycles. The SMILES string of the molecule is CCc1nnc(-n2nc(C)cc2C)n1/N=C/c1ccccc1. The molecule has 6 heteroatoms. The van der Waals surface area contributed by atoms with Gasteiger partial charge in [-0.2, -0.15) is 14.9 Å². The fraction of sp³-hybridized carbons (Fsp3) is 0.250. The molecule has 3 rings (SSSR count). The van der Waals surface area contributed by atoms with E-state index in [0.29, 0.717) is 5.95 Å². The van der Waals surface area contributed by atoms with E-state index in [4.69, 9.17) is 0 Å². The van der Waals surface area contributed by atoms with Gasteiger partial charge in [-0.05, 0) is 25.5 Å². The molecule has 3 aromatic rings. The first-order valence-electron chi connectivity index (χ1n) is 7.26. The van der Waals surface area contributed by atoms with Crippen molar-refractivity contribution in [1.29, 1.82) is 0 Å². The molecule has 0 radical (unpaired) electrons. The Kier molecular flexibility index (Phi) is 3.82. The quantitative estimate of drug-likeness (QED) is 0.695. The first-order valence-corrected chi connectivity index (χ1v) is 7.26. The van der Waals surface area contributed by atoms with Crippen LogP contribution >= 0.6 is 0 Å². The van der Waals surface area contributed by atoms with Gasteiger partial charge in [0.2, 0.25) is 0 Å². The van der Waals surface area contributed by atoms with Crippen molar-refractivity contribution < 1.29 is 0 Å². The van der Waals surface area contributed by atoms with E-state index in [1.165, 1.54) is 0 Å². The van der Waals surface area contributed by atoms with Crippen LogP contribution < -0.4 is 0 Å². The van der Waals surface area contributed by atoms with Crippen molar-refractivity contribution in [2.75, 3.05) is 0 Å². The summed E-state index contributed by atoms with van der Waals surface area (Å²) < 4.78 is 3.51. The van der Waals surface area contributed by atoms with Crippen molar-refractivity contribution >= 4 is 6.21 Å². The maximum Gasteiger partial charge on any atom is 0.273 e. The molecule has 112 valence electrons. The highest BCUT2D eigenvalue weighted by atomic mass is 15.5. The Morgan fingerprint density at radius 3 is 2.55 bits per heavy atom. The van der Waals surface area contributed by atoms with Gasteiger partial charge in [0.1, 0.15) is 0 Å². The molecule has 22 heavy (non-hydrogen) atoms. The summed E-state index contributed by atoms with van der Waals surface area (Å²) in [5.74, 6) is 1.41. The van der Waals surface area contributed by atoms with Crippen molar-refractivity contribution in [2.45, 2.75) is 27.2 Å². The van der Waals surface area contributed by atoms with Gasteiger partial charge in [-0.15, -0.1) is 10.2 Å². The van der Waals surface area contributed by atoms with E-state index >= 15 is 0 Å². The minimum atomic E-state index is 0.606. The summed E-state index contributed by atoms with van der Waals surface area (Å²) in [6.07, 6.45) is 2.55. The van der Waals surface area contributed by atoms with Gasteiger partial charge in [0.05, 0.1) is 11.9 Å². The van der Waals surface area contributed by atoms with E-state index in [9.17, 15) is 0 Å². The Hall–Kier alpha value is -2.76. The van der Waals surface area contributed by atoms with Gasteiger partial charge in [0.25, 0.3) is 5.95 Å². The number of rotatable bonds is 4. The van der Waals surface area contributed by atoms with E-state index in [0.717, 1.165) is 29.2 Å². The van der Waals surface area contributed by atoms with Gasteiger partial charge < -0.3 is 0 Å². The molecular weight excluding hydrogens is 276 g/mol. The topological polar surface area (TPSA) is 60.9 Å². The van der Waals surface area contributed by atoms with Crippen molar-refractivity contribution in [2.24, 2.45) is 5.10 Å². The Balaban J connectivity index is 2.05. The van der Waals surface area contributed by atoms with Crippen LogP contribution in [0.15, 0.2) is 41.5 Å². The molecule has 6 nitrogen and oxygen atoms in total. The highest BCUT2D eigenvalue weighted by Gasteiger charge is 2.14. The van der Waals surface area contributed by atoms with Crippen LogP contribution in [0.5, 0.6) is 0 Å². The molecule has 0 unspecified atom stereocenters. The lowest BCUT2D eigenvalue weighted by Gasteiger charge is -2.04.